The van der Waals surface area contributed by atoms with Crippen molar-refractivity contribution in [3.8, 4) is 0 Å². The number of nitrogens with zero attached hydrogens (tertiary/aromatic N) is 1. The summed E-state index contributed by atoms with van der Waals surface area (Å²) in [4.78, 5) is 25.7. The van der Waals surface area contributed by atoms with Crippen LogP contribution in [0.5, 0.6) is 0 Å². The van der Waals surface area contributed by atoms with Gasteiger partial charge in [-0.15, -0.1) is 0 Å². The van der Waals surface area contributed by atoms with Crippen LogP contribution in [0.25, 0.3) is 0 Å². The first kappa shape index (κ1) is 14.6. The van der Waals surface area contributed by atoms with Crippen LogP contribution in [-0.2, 0) is 22.4 Å². The molecule has 5 heteroatoms. The number of carboxylic acids is 1. The Morgan fingerprint density at radius 1 is 1.33 bits per heavy atom. The molecule has 2 aliphatic carbocycles. The molecule has 0 heterocycles. The number of benzene rings is 1. The van der Waals surface area contributed by atoms with E-state index in [-0.39, 0.29) is 11.9 Å². The van der Waals surface area contributed by atoms with Gasteiger partial charge in [-0.05, 0) is 48.9 Å². The minimum absolute atomic E-state index is 0.107. The van der Waals surface area contributed by atoms with Crippen molar-refractivity contribution >= 4 is 27.8 Å². The van der Waals surface area contributed by atoms with Crippen LogP contribution in [0.1, 0.15) is 37.3 Å². The van der Waals surface area contributed by atoms with Crippen molar-refractivity contribution in [3.05, 3.63) is 33.8 Å². The minimum Gasteiger partial charge on any atom is -0.479 e. The third-order valence-corrected chi connectivity index (χ3v) is 5.06. The lowest BCUT2D eigenvalue weighted by Gasteiger charge is -2.43. The van der Waals surface area contributed by atoms with E-state index in [9.17, 15) is 14.7 Å². The molecule has 0 spiro atoms. The highest BCUT2D eigenvalue weighted by Crippen LogP contribution is 2.41. The Balaban J connectivity index is 2.02. The van der Waals surface area contributed by atoms with Crippen molar-refractivity contribution < 1.29 is 14.7 Å². The van der Waals surface area contributed by atoms with Crippen LogP contribution in [0, 0.1) is 0 Å². The quantitative estimate of drug-likeness (QED) is 0.910. The van der Waals surface area contributed by atoms with Crippen LogP contribution >= 0.6 is 15.9 Å². The molecule has 0 aliphatic heterocycles. The maximum absolute atomic E-state index is 12.1. The minimum atomic E-state index is -1.08. The molecule has 21 heavy (non-hydrogen) atoms. The third kappa shape index (κ3) is 2.48. The van der Waals surface area contributed by atoms with E-state index >= 15 is 0 Å². The number of amides is 1. The highest BCUT2D eigenvalue weighted by atomic mass is 79.9. The average molecular weight is 352 g/mol. The number of carbonyl (C=O) groups excluding carboxylic acids is 1. The molecule has 0 radical (unpaired) electrons. The molecule has 1 atom stereocenters. The summed E-state index contributed by atoms with van der Waals surface area (Å²) in [7, 11) is 0. The molecule has 0 aromatic heterocycles. The summed E-state index contributed by atoms with van der Waals surface area (Å²) < 4.78 is 1.01. The van der Waals surface area contributed by atoms with E-state index in [1.807, 2.05) is 12.1 Å². The monoisotopic (exact) mass is 351 g/mol. The molecule has 3 rings (SSSR count). The second kappa shape index (κ2) is 5.13. The summed E-state index contributed by atoms with van der Waals surface area (Å²) in [6.45, 7) is 1.49. The molecule has 1 aromatic carbocycles. The van der Waals surface area contributed by atoms with Crippen LogP contribution < -0.4 is 0 Å². The Morgan fingerprint density at radius 2 is 2.05 bits per heavy atom. The van der Waals surface area contributed by atoms with Crippen molar-refractivity contribution in [1.29, 1.82) is 0 Å². The maximum Gasteiger partial charge on any atom is 0.329 e. The van der Waals surface area contributed by atoms with Gasteiger partial charge in [-0.2, -0.15) is 0 Å². The fourth-order valence-electron chi connectivity index (χ4n) is 3.48. The van der Waals surface area contributed by atoms with Crippen molar-refractivity contribution in [1.82, 2.24) is 4.90 Å². The summed E-state index contributed by atoms with van der Waals surface area (Å²) in [6.07, 6.45) is 3.42. The summed E-state index contributed by atoms with van der Waals surface area (Å²) in [5.74, 6) is -1.00. The van der Waals surface area contributed by atoms with Crippen LogP contribution in [0.2, 0.25) is 0 Å². The van der Waals surface area contributed by atoms with Crippen molar-refractivity contribution in [2.75, 3.05) is 0 Å². The Kier molecular flexibility index (Phi) is 3.56. The summed E-state index contributed by atoms with van der Waals surface area (Å²) in [6, 6.07) is 6.07. The van der Waals surface area contributed by atoms with E-state index in [2.05, 4.69) is 22.0 Å². The fourth-order valence-corrected chi connectivity index (χ4v) is 3.89. The molecule has 112 valence electrons. The molecule has 1 saturated carbocycles. The lowest BCUT2D eigenvalue weighted by Crippen LogP contribution is -2.60. The van der Waals surface area contributed by atoms with Gasteiger partial charge in [0.15, 0.2) is 0 Å². The van der Waals surface area contributed by atoms with Gasteiger partial charge in [0.05, 0.1) is 0 Å². The van der Waals surface area contributed by atoms with Gasteiger partial charge in [0.25, 0.3) is 0 Å². The number of hydrogen-bond acceptors (Lipinski definition) is 2. The zero-order chi connectivity index (χ0) is 15.2. The second-order valence-electron chi connectivity index (χ2n) is 6.05. The van der Waals surface area contributed by atoms with Crippen LogP contribution in [-0.4, -0.2) is 33.5 Å². The zero-order valence-electron chi connectivity index (χ0n) is 11.9. The summed E-state index contributed by atoms with van der Waals surface area (Å²) in [5.41, 5.74) is 1.15. The molecule has 1 N–H and O–H groups in total. The lowest BCUT2D eigenvalue weighted by atomic mass is 9.76. The largest absolute Gasteiger partial charge is 0.479 e. The molecule has 0 bridgehead atoms. The maximum atomic E-state index is 12.1. The first-order valence-corrected chi connectivity index (χ1v) is 8.04. The number of rotatable bonds is 3. The Morgan fingerprint density at radius 3 is 2.62 bits per heavy atom. The van der Waals surface area contributed by atoms with Gasteiger partial charge >= 0.3 is 5.97 Å². The lowest BCUT2D eigenvalue weighted by molar-refractivity contribution is -0.160. The van der Waals surface area contributed by atoms with E-state index in [0.29, 0.717) is 19.3 Å². The van der Waals surface area contributed by atoms with Gasteiger partial charge in [-0.25, -0.2) is 4.79 Å². The van der Waals surface area contributed by atoms with Crippen LogP contribution in [0.15, 0.2) is 22.7 Å². The van der Waals surface area contributed by atoms with Gasteiger partial charge in [0, 0.05) is 23.9 Å². The zero-order valence-corrected chi connectivity index (χ0v) is 13.5. The van der Waals surface area contributed by atoms with Crippen molar-refractivity contribution in [2.24, 2.45) is 0 Å². The predicted molar refractivity (Wildman–Crippen MR) is 82.1 cm³/mol. The average Bonchev–Trinajstić information content (AvgIpc) is 3.23. The van der Waals surface area contributed by atoms with Gasteiger partial charge in [-0.1, -0.05) is 22.0 Å². The third-order valence-electron chi connectivity index (χ3n) is 4.57. The molecular formula is C16H18BrNO3. The highest BCUT2D eigenvalue weighted by Gasteiger charge is 2.52. The van der Waals surface area contributed by atoms with Crippen LogP contribution in [0.3, 0.4) is 0 Å². The van der Waals surface area contributed by atoms with Gasteiger partial charge in [0.2, 0.25) is 5.91 Å². The molecule has 4 nitrogen and oxygen atoms in total. The Hall–Kier alpha value is -1.36. The number of aryl methyl sites for hydroxylation is 1. The van der Waals surface area contributed by atoms with Gasteiger partial charge in [-0.3, -0.25) is 4.79 Å². The summed E-state index contributed by atoms with van der Waals surface area (Å²) in [5, 5.41) is 9.86. The summed E-state index contributed by atoms with van der Waals surface area (Å²) >= 11 is 3.45. The van der Waals surface area contributed by atoms with E-state index in [0.717, 1.165) is 22.9 Å². The smallest absolute Gasteiger partial charge is 0.329 e. The van der Waals surface area contributed by atoms with E-state index in [4.69, 9.17) is 0 Å². The second-order valence-corrected chi connectivity index (χ2v) is 6.96. The number of carbonyl (C=O) groups is 2. The number of carboxylic acid groups (broad SMARTS) is 1. The molecule has 1 unspecified atom stereocenters. The molecule has 1 aromatic rings. The van der Waals surface area contributed by atoms with E-state index < -0.39 is 11.5 Å². The predicted octanol–water partition coefficient (Wildman–Crippen LogP) is 2.77. The molecule has 2 aliphatic rings. The van der Waals surface area contributed by atoms with Gasteiger partial charge in [0.1, 0.15) is 5.54 Å². The molecule has 1 fully saturated rings. The van der Waals surface area contributed by atoms with Gasteiger partial charge < -0.3 is 10.0 Å². The molecule has 1 amide bonds. The first-order chi connectivity index (χ1) is 9.94. The number of fused-ring (bicyclic) bond motifs is 1. The standard InChI is InChI=1S/C16H18BrNO3/c1-10(19)18(14-4-5-14)16(15(20)21)7-6-11-8-13(17)3-2-12(11)9-16/h2-3,8,14H,4-7,9H2,1H3,(H,20,21). The topological polar surface area (TPSA) is 57.6 Å². The molecule has 0 saturated heterocycles. The Bertz CT molecular complexity index is 612. The number of halogens is 1. The fraction of sp³-hybridized carbons (Fsp3) is 0.500. The van der Waals surface area contributed by atoms with E-state index in [1.165, 1.54) is 12.5 Å². The molecular weight excluding hydrogens is 334 g/mol. The SMILES string of the molecule is CC(=O)N(C1CC1)C1(C(=O)O)CCc2cc(Br)ccc2C1. The van der Waals surface area contributed by atoms with Crippen molar-refractivity contribution in [3.63, 3.8) is 0 Å². The highest BCUT2D eigenvalue weighted by molar-refractivity contribution is 9.10. The normalized spacial score (nSPS) is 24.3. The van der Waals surface area contributed by atoms with Crippen LogP contribution in [0.4, 0.5) is 0 Å². The van der Waals surface area contributed by atoms with Crippen molar-refractivity contribution in [2.45, 2.75) is 50.6 Å². The van der Waals surface area contributed by atoms with E-state index in [1.54, 1.807) is 4.90 Å². The Labute approximate surface area is 132 Å². The number of aliphatic carboxylic acids is 1. The first-order valence-electron chi connectivity index (χ1n) is 7.24. The number of hydrogen-bond donors (Lipinski definition) is 1.